The first kappa shape index (κ1) is 19.9. The summed E-state index contributed by atoms with van der Waals surface area (Å²) < 4.78 is 42.7. The Hall–Kier alpha value is -3.03. The number of hydrogen-bond acceptors (Lipinski definition) is 3. The fraction of sp³-hybridized carbons (Fsp3) is 0.391. The van der Waals surface area contributed by atoms with Crippen LogP contribution in [0.2, 0.25) is 0 Å². The largest absolute Gasteiger partial charge is 0.573 e. The molecule has 0 saturated heterocycles. The Balaban J connectivity index is 1.33. The van der Waals surface area contributed by atoms with Gasteiger partial charge in [-0.2, -0.15) is 5.10 Å². The number of halogens is 3. The van der Waals surface area contributed by atoms with E-state index in [0.29, 0.717) is 23.0 Å². The van der Waals surface area contributed by atoms with E-state index in [4.69, 9.17) is 0 Å². The van der Waals surface area contributed by atoms with Crippen LogP contribution in [0.25, 0.3) is 10.9 Å². The highest BCUT2D eigenvalue weighted by Crippen LogP contribution is 2.55. The van der Waals surface area contributed by atoms with Gasteiger partial charge in [-0.05, 0) is 54.9 Å². The lowest BCUT2D eigenvalue weighted by Crippen LogP contribution is -2.53. The van der Waals surface area contributed by atoms with E-state index < -0.39 is 6.36 Å². The Morgan fingerprint density at radius 1 is 1.16 bits per heavy atom. The second-order valence-electron chi connectivity index (χ2n) is 8.67. The summed E-state index contributed by atoms with van der Waals surface area (Å²) in [4.78, 5) is 13.0. The van der Waals surface area contributed by atoms with Crippen molar-refractivity contribution in [2.24, 2.45) is 5.41 Å². The minimum Gasteiger partial charge on any atom is -0.406 e. The lowest BCUT2D eigenvalue weighted by molar-refractivity contribution is -0.274. The molecule has 1 aromatic heterocycles. The molecule has 1 N–H and O–H groups in total. The first-order chi connectivity index (χ1) is 14.8. The number of para-hydroxylation sites is 1. The molecule has 0 unspecified atom stereocenters. The van der Waals surface area contributed by atoms with Crippen LogP contribution in [-0.2, 0) is 6.54 Å². The maximum Gasteiger partial charge on any atom is 0.573 e. The summed E-state index contributed by atoms with van der Waals surface area (Å²) in [5, 5.41) is 8.40. The first-order valence-electron chi connectivity index (χ1n) is 10.4. The number of hydrogen-bond donors (Lipinski definition) is 1. The standard InChI is InChI=1S/C23H22F3N3O2/c24-23(25,26)31-18-7-5-15(6-8-18)14-29-20-16(13-27-29)3-1-4-19(20)21(30)28-17-11-22(12-17)9-2-10-22/h1,3-8,13,17H,2,9-12,14H2,(H,28,30). The van der Waals surface area contributed by atoms with Crippen molar-refractivity contribution in [3.63, 3.8) is 0 Å². The van der Waals surface area contributed by atoms with Crippen molar-refractivity contribution in [2.45, 2.75) is 51.1 Å². The summed E-state index contributed by atoms with van der Waals surface area (Å²) in [6, 6.07) is 11.4. The third-order valence-electron chi connectivity index (χ3n) is 6.50. The normalized spacial score (nSPS) is 17.9. The molecule has 8 heteroatoms. The summed E-state index contributed by atoms with van der Waals surface area (Å²) in [6.07, 6.45) is 2.92. The van der Waals surface area contributed by atoms with Crippen LogP contribution in [0, 0.1) is 5.41 Å². The van der Waals surface area contributed by atoms with Gasteiger partial charge in [0.1, 0.15) is 5.75 Å². The molecule has 3 aromatic rings. The molecule has 1 heterocycles. The molecule has 2 saturated carbocycles. The number of benzene rings is 2. The second-order valence-corrected chi connectivity index (χ2v) is 8.67. The number of carbonyl (C=O) groups is 1. The van der Waals surface area contributed by atoms with Crippen LogP contribution in [-0.4, -0.2) is 28.1 Å². The van der Waals surface area contributed by atoms with Gasteiger partial charge in [-0.15, -0.1) is 13.2 Å². The Kier molecular flexibility index (Phi) is 4.68. The highest BCUT2D eigenvalue weighted by molar-refractivity contribution is 6.05. The van der Waals surface area contributed by atoms with Gasteiger partial charge in [-0.3, -0.25) is 9.48 Å². The number of amides is 1. The lowest BCUT2D eigenvalue weighted by atomic mass is 9.54. The van der Waals surface area contributed by atoms with Gasteiger partial charge in [0.25, 0.3) is 5.91 Å². The second kappa shape index (κ2) is 7.28. The van der Waals surface area contributed by atoms with Gasteiger partial charge in [0, 0.05) is 11.4 Å². The van der Waals surface area contributed by atoms with Crippen molar-refractivity contribution in [2.75, 3.05) is 0 Å². The number of alkyl halides is 3. The molecule has 2 aromatic carbocycles. The molecule has 0 radical (unpaired) electrons. The van der Waals surface area contributed by atoms with Crippen LogP contribution >= 0.6 is 0 Å². The van der Waals surface area contributed by atoms with Gasteiger partial charge < -0.3 is 10.1 Å². The molecule has 162 valence electrons. The van der Waals surface area contributed by atoms with Crippen molar-refractivity contribution < 1.29 is 22.7 Å². The van der Waals surface area contributed by atoms with E-state index in [0.717, 1.165) is 23.8 Å². The van der Waals surface area contributed by atoms with Crippen LogP contribution in [0.5, 0.6) is 5.75 Å². The Morgan fingerprint density at radius 2 is 1.90 bits per heavy atom. The molecule has 5 nitrogen and oxygen atoms in total. The van der Waals surface area contributed by atoms with E-state index in [1.165, 1.54) is 31.4 Å². The molecule has 1 amide bonds. The Labute approximate surface area is 177 Å². The highest BCUT2D eigenvalue weighted by atomic mass is 19.4. The molecule has 5 rings (SSSR count). The number of nitrogens with zero attached hydrogens (tertiary/aromatic N) is 2. The summed E-state index contributed by atoms with van der Waals surface area (Å²) in [5.41, 5.74) is 2.50. The predicted octanol–water partition coefficient (Wildman–Crippen LogP) is 5.05. The summed E-state index contributed by atoms with van der Waals surface area (Å²) in [6.45, 7) is 0.326. The van der Waals surface area contributed by atoms with Crippen LogP contribution in [0.1, 0.15) is 48.0 Å². The molecule has 0 atom stereocenters. The number of carbonyl (C=O) groups excluding carboxylic acids is 1. The topological polar surface area (TPSA) is 56.2 Å². The van der Waals surface area contributed by atoms with Crippen LogP contribution in [0.3, 0.4) is 0 Å². The summed E-state index contributed by atoms with van der Waals surface area (Å²) in [5.74, 6) is -0.383. The first-order valence-corrected chi connectivity index (χ1v) is 10.4. The van der Waals surface area contributed by atoms with Crippen LogP contribution in [0.4, 0.5) is 13.2 Å². The molecular weight excluding hydrogens is 407 g/mol. The molecule has 2 aliphatic carbocycles. The van der Waals surface area contributed by atoms with Crippen LogP contribution in [0.15, 0.2) is 48.7 Å². The zero-order valence-corrected chi connectivity index (χ0v) is 16.8. The van der Waals surface area contributed by atoms with Gasteiger partial charge in [-0.25, -0.2) is 0 Å². The molecule has 0 bridgehead atoms. The SMILES string of the molecule is O=C(NC1CC2(CCC2)C1)c1cccc2cnn(Cc3ccc(OC(F)(F)F)cc3)c12. The number of ether oxygens (including phenoxy) is 1. The number of rotatable bonds is 5. The number of nitrogens with one attached hydrogen (secondary N) is 1. The fourth-order valence-electron chi connectivity index (χ4n) is 4.85. The smallest absolute Gasteiger partial charge is 0.406 e. The van der Waals surface area contributed by atoms with Crippen molar-refractivity contribution in [3.05, 3.63) is 59.8 Å². The lowest BCUT2D eigenvalue weighted by Gasteiger charge is -2.54. The van der Waals surface area contributed by atoms with E-state index in [2.05, 4.69) is 15.2 Å². The van der Waals surface area contributed by atoms with Gasteiger partial charge in [-0.1, -0.05) is 30.7 Å². The maximum absolute atomic E-state index is 13.0. The third kappa shape index (κ3) is 3.98. The predicted molar refractivity (Wildman–Crippen MR) is 109 cm³/mol. The molecule has 2 fully saturated rings. The van der Waals surface area contributed by atoms with Crippen LogP contribution < -0.4 is 10.1 Å². The van der Waals surface area contributed by atoms with Crippen molar-refractivity contribution in [1.29, 1.82) is 0 Å². The van der Waals surface area contributed by atoms with Gasteiger partial charge in [0.2, 0.25) is 0 Å². The van der Waals surface area contributed by atoms with E-state index >= 15 is 0 Å². The molecular formula is C23H22F3N3O2. The Morgan fingerprint density at radius 3 is 2.55 bits per heavy atom. The zero-order valence-electron chi connectivity index (χ0n) is 16.8. The van der Waals surface area contributed by atoms with E-state index in [-0.39, 0.29) is 17.7 Å². The average Bonchev–Trinajstić information content (AvgIpc) is 3.06. The zero-order chi connectivity index (χ0) is 21.6. The van der Waals surface area contributed by atoms with E-state index in [9.17, 15) is 18.0 Å². The molecule has 1 spiro atoms. The third-order valence-corrected chi connectivity index (χ3v) is 6.50. The van der Waals surface area contributed by atoms with Crippen molar-refractivity contribution in [1.82, 2.24) is 15.1 Å². The van der Waals surface area contributed by atoms with E-state index in [1.807, 2.05) is 12.1 Å². The fourth-order valence-corrected chi connectivity index (χ4v) is 4.85. The number of fused-ring (bicyclic) bond motifs is 1. The summed E-state index contributed by atoms with van der Waals surface area (Å²) in [7, 11) is 0. The summed E-state index contributed by atoms with van der Waals surface area (Å²) >= 11 is 0. The molecule has 0 aliphatic heterocycles. The van der Waals surface area contributed by atoms with Gasteiger partial charge >= 0.3 is 6.36 Å². The minimum absolute atomic E-state index is 0.111. The van der Waals surface area contributed by atoms with Crippen molar-refractivity contribution >= 4 is 16.8 Å². The quantitative estimate of drug-likeness (QED) is 0.618. The minimum atomic E-state index is -4.72. The van der Waals surface area contributed by atoms with Gasteiger partial charge in [0.05, 0.1) is 23.8 Å². The number of aromatic nitrogens is 2. The highest BCUT2D eigenvalue weighted by Gasteiger charge is 2.48. The monoisotopic (exact) mass is 429 g/mol. The average molecular weight is 429 g/mol. The maximum atomic E-state index is 13.0. The van der Waals surface area contributed by atoms with Gasteiger partial charge in [0.15, 0.2) is 0 Å². The van der Waals surface area contributed by atoms with Crippen molar-refractivity contribution in [3.8, 4) is 5.75 Å². The molecule has 31 heavy (non-hydrogen) atoms. The van der Waals surface area contributed by atoms with E-state index in [1.54, 1.807) is 29.1 Å². The molecule has 2 aliphatic rings. The Bertz CT molecular complexity index is 1110.